The average Bonchev–Trinajstić information content (AvgIpc) is 3.09. The van der Waals surface area contributed by atoms with Gasteiger partial charge in [0, 0.05) is 6.04 Å². The van der Waals surface area contributed by atoms with Gasteiger partial charge in [-0.1, -0.05) is 38.2 Å². The standard InChI is InChI=1S/C16H24N2O5S2/c19-14(18-13-7-4-2-1-3-5-8-13)12-23-15(20)11-17-25(21,22)16-9-6-10-24-16/h6,9-10,13,17H,1-5,7-8,11-12H2,(H,18,19). The third kappa shape index (κ3) is 7.13. The van der Waals surface area contributed by atoms with Crippen LogP contribution in [-0.4, -0.2) is 39.5 Å². The number of thiophene rings is 1. The third-order valence-electron chi connectivity index (χ3n) is 4.00. The number of hydrogen-bond donors (Lipinski definition) is 2. The second-order valence-corrected chi connectivity index (χ2v) is 8.97. The van der Waals surface area contributed by atoms with Crippen molar-refractivity contribution >= 4 is 33.2 Å². The van der Waals surface area contributed by atoms with Crippen molar-refractivity contribution in [2.24, 2.45) is 0 Å². The first kappa shape index (κ1) is 19.9. The third-order valence-corrected chi connectivity index (χ3v) is 6.80. The van der Waals surface area contributed by atoms with Gasteiger partial charge in [0.25, 0.3) is 15.9 Å². The number of amides is 1. The Morgan fingerprint density at radius 2 is 1.84 bits per heavy atom. The summed E-state index contributed by atoms with van der Waals surface area (Å²) in [6.45, 7) is -0.896. The van der Waals surface area contributed by atoms with Crippen LogP contribution < -0.4 is 10.0 Å². The highest BCUT2D eigenvalue weighted by molar-refractivity contribution is 7.91. The largest absolute Gasteiger partial charge is 0.455 e. The van der Waals surface area contributed by atoms with Crippen LogP contribution in [0, 0.1) is 0 Å². The van der Waals surface area contributed by atoms with Crippen molar-refractivity contribution in [3.8, 4) is 0 Å². The Labute approximate surface area is 152 Å². The van der Waals surface area contributed by atoms with Crippen LogP contribution in [0.1, 0.15) is 44.9 Å². The molecule has 140 valence electrons. The Morgan fingerprint density at radius 3 is 2.48 bits per heavy atom. The van der Waals surface area contributed by atoms with Crippen molar-refractivity contribution in [3.05, 3.63) is 17.5 Å². The average molecular weight is 389 g/mol. The Balaban J connectivity index is 1.67. The summed E-state index contributed by atoms with van der Waals surface area (Å²) in [5, 5.41) is 4.52. The van der Waals surface area contributed by atoms with Crippen LogP contribution in [-0.2, 0) is 24.3 Å². The summed E-state index contributed by atoms with van der Waals surface area (Å²) >= 11 is 1.06. The zero-order chi connectivity index (χ0) is 18.1. The van der Waals surface area contributed by atoms with E-state index in [9.17, 15) is 18.0 Å². The Hall–Kier alpha value is -1.45. The van der Waals surface area contributed by atoms with Crippen LogP contribution in [0.25, 0.3) is 0 Å². The Bertz CT molecular complexity index is 650. The summed E-state index contributed by atoms with van der Waals surface area (Å²) < 4.78 is 30.9. The Morgan fingerprint density at radius 1 is 1.16 bits per heavy atom. The zero-order valence-corrected chi connectivity index (χ0v) is 15.7. The van der Waals surface area contributed by atoms with E-state index in [4.69, 9.17) is 4.74 Å². The molecule has 1 aromatic heterocycles. The number of hydrogen-bond acceptors (Lipinski definition) is 6. The van der Waals surface area contributed by atoms with Crippen LogP contribution >= 0.6 is 11.3 Å². The molecule has 0 saturated heterocycles. The summed E-state index contributed by atoms with van der Waals surface area (Å²) in [5.41, 5.74) is 0. The van der Waals surface area contributed by atoms with Gasteiger partial charge in [0.05, 0.1) is 0 Å². The van der Waals surface area contributed by atoms with Gasteiger partial charge in [-0.3, -0.25) is 9.59 Å². The molecule has 1 fully saturated rings. The normalized spacial score (nSPS) is 16.6. The first-order chi connectivity index (χ1) is 12.0. The molecule has 0 unspecified atom stereocenters. The van der Waals surface area contributed by atoms with E-state index in [1.165, 1.54) is 25.3 Å². The number of carbonyl (C=O) groups excluding carboxylic acids is 2. The summed E-state index contributed by atoms with van der Waals surface area (Å²) in [6, 6.07) is 3.18. The van der Waals surface area contributed by atoms with Crippen LogP contribution in [0.15, 0.2) is 21.7 Å². The lowest BCUT2D eigenvalue weighted by Crippen LogP contribution is -2.39. The van der Waals surface area contributed by atoms with Crippen LogP contribution in [0.4, 0.5) is 0 Å². The molecule has 1 amide bonds. The molecule has 1 saturated carbocycles. The van der Waals surface area contributed by atoms with E-state index < -0.39 is 29.1 Å². The minimum Gasteiger partial charge on any atom is -0.455 e. The number of esters is 1. The molecule has 0 atom stereocenters. The summed E-state index contributed by atoms with van der Waals surface area (Å²) in [4.78, 5) is 23.5. The number of rotatable bonds is 7. The molecule has 9 heteroatoms. The quantitative estimate of drug-likeness (QED) is 0.694. The van der Waals surface area contributed by atoms with Crippen molar-refractivity contribution in [3.63, 3.8) is 0 Å². The van der Waals surface area contributed by atoms with E-state index in [-0.39, 0.29) is 16.2 Å². The van der Waals surface area contributed by atoms with E-state index >= 15 is 0 Å². The minimum absolute atomic E-state index is 0.127. The van der Waals surface area contributed by atoms with Crippen molar-refractivity contribution in [1.29, 1.82) is 0 Å². The smallest absolute Gasteiger partial charge is 0.321 e. The van der Waals surface area contributed by atoms with Gasteiger partial charge in [0.2, 0.25) is 0 Å². The lowest BCUT2D eigenvalue weighted by atomic mass is 9.97. The van der Waals surface area contributed by atoms with E-state index in [2.05, 4.69) is 10.0 Å². The zero-order valence-electron chi connectivity index (χ0n) is 14.0. The second-order valence-electron chi connectivity index (χ2n) is 6.03. The molecule has 0 bridgehead atoms. The van der Waals surface area contributed by atoms with E-state index in [1.54, 1.807) is 11.4 Å². The fourth-order valence-corrected chi connectivity index (χ4v) is 4.71. The van der Waals surface area contributed by atoms with Gasteiger partial charge in [-0.25, -0.2) is 8.42 Å². The monoisotopic (exact) mass is 388 g/mol. The lowest BCUT2D eigenvalue weighted by Gasteiger charge is -2.20. The number of carbonyl (C=O) groups is 2. The molecule has 2 rings (SSSR count). The first-order valence-electron chi connectivity index (χ1n) is 8.45. The van der Waals surface area contributed by atoms with Crippen molar-refractivity contribution < 1.29 is 22.7 Å². The van der Waals surface area contributed by atoms with Crippen molar-refractivity contribution in [1.82, 2.24) is 10.0 Å². The van der Waals surface area contributed by atoms with Gasteiger partial charge in [0.15, 0.2) is 6.61 Å². The number of nitrogens with one attached hydrogen (secondary N) is 2. The molecule has 1 aliphatic rings. The molecule has 1 aromatic rings. The highest BCUT2D eigenvalue weighted by atomic mass is 32.2. The molecule has 7 nitrogen and oxygen atoms in total. The SMILES string of the molecule is O=C(COC(=O)CNS(=O)(=O)c1cccs1)NC1CCCCCCC1. The summed E-state index contributed by atoms with van der Waals surface area (Å²) in [6.07, 6.45) is 7.70. The molecular formula is C16H24N2O5S2. The van der Waals surface area contributed by atoms with Crippen LogP contribution in [0.2, 0.25) is 0 Å². The van der Waals surface area contributed by atoms with Crippen molar-refractivity contribution in [2.75, 3.05) is 13.2 Å². The fraction of sp³-hybridized carbons (Fsp3) is 0.625. The molecular weight excluding hydrogens is 364 g/mol. The predicted octanol–water partition coefficient (Wildman–Crippen LogP) is 1.80. The van der Waals surface area contributed by atoms with Gasteiger partial charge < -0.3 is 10.1 Å². The summed E-state index contributed by atoms with van der Waals surface area (Å²) in [5.74, 6) is -1.13. The van der Waals surface area contributed by atoms with Gasteiger partial charge in [0.1, 0.15) is 10.8 Å². The van der Waals surface area contributed by atoms with Gasteiger partial charge in [-0.05, 0) is 24.3 Å². The number of ether oxygens (including phenoxy) is 1. The minimum atomic E-state index is -3.71. The second kappa shape index (κ2) is 9.88. The highest BCUT2D eigenvalue weighted by Crippen LogP contribution is 2.17. The maximum Gasteiger partial charge on any atom is 0.321 e. The molecule has 0 spiro atoms. The van der Waals surface area contributed by atoms with Crippen LogP contribution in [0.5, 0.6) is 0 Å². The molecule has 2 N–H and O–H groups in total. The highest BCUT2D eigenvalue weighted by Gasteiger charge is 2.18. The maximum absolute atomic E-state index is 11.9. The van der Waals surface area contributed by atoms with Crippen LogP contribution in [0.3, 0.4) is 0 Å². The number of sulfonamides is 1. The molecule has 1 aliphatic carbocycles. The lowest BCUT2D eigenvalue weighted by molar-refractivity contribution is -0.147. The van der Waals surface area contributed by atoms with E-state index in [0.717, 1.165) is 37.0 Å². The van der Waals surface area contributed by atoms with Gasteiger partial charge in [-0.15, -0.1) is 11.3 Å². The van der Waals surface area contributed by atoms with Crippen molar-refractivity contribution in [2.45, 2.75) is 55.2 Å². The van der Waals surface area contributed by atoms with Gasteiger partial charge >= 0.3 is 5.97 Å². The molecule has 0 aromatic carbocycles. The van der Waals surface area contributed by atoms with E-state index in [1.807, 2.05) is 0 Å². The first-order valence-corrected chi connectivity index (χ1v) is 10.8. The van der Waals surface area contributed by atoms with Gasteiger partial charge in [-0.2, -0.15) is 4.72 Å². The molecule has 0 radical (unpaired) electrons. The fourth-order valence-electron chi connectivity index (χ4n) is 2.71. The molecule has 1 heterocycles. The summed E-state index contributed by atoms with van der Waals surface area (Å²) in [7, 11) is -3.71. The molecule has 25 heavy (non-hydrogen) atoms. The molecule has 0 aliphatic heterocycles. The predicted molar refractivity (Wildman–Crippen MR) is 94.7 cm³/mol. The Kier molecular flexibility index (Phi) is 7.86. The maximum atomic E-state index is 11.9. The van der Waals surface area contributed by atoms with E-state index in [0.29, 0.717) is 0 Å². The topological polar surface area (TPSA) is 102 Å².